The monoisotopic (exact) mass is 308 g/mol. The van der Waals surface area contributed by atoms with Crippen LogP contribution in [-0.4, -0.2) is 10.9 Å². The standard InChI is InChI=1S/C18H16N2OS/c1-13-5-2-3-6-16(13)18(21)20-11-14-9-15(12-19-10-14)17-7-4-8-22-17/h2-10,12H,11H2,1H3,(H,20,21). The molecule has 22 heavy (non-hydrogen) atoms. The summed E-state index contributed by atoms with van der Waals surface area (Å²) in [4.78, 5) is 17.7. The predicted molar refractivity (Wildman–Crippen MR) is 89.9 cm³/mol. The first kappa shape index (κ1) is 14.5. The zero-order valence-electron chi connectivity index (χ0n) is 12.2. The molecule has 0 aliphatic heterocycles. The summed E-state index contributed by atoms with van der Waals surface area (Å²) < 4.78 is 0. The molecule has 0 aliphatic carbocycles. The molecule has 110 valence electrons. The van der Waals surface area contributed by atoms with Gasteiger partial charge in [0, 0.05) is 34.9 Å². The van der Waals surface area contributed by atoms with Gasteiger partial charge in [-0.3, -0.25) is 9.78 Å². The molecule has 1 aromatic carbocycles. The normalized spacial score (nSPS) is 10.4. The number of rotatable bonds is 4. The molecule has 3 rings (SSSR count). The first-order valence-corrected chi connectivity index (χ1v) is 7.93. The predicted octanol–water partition coefficient (Wildman–Crippen LogP) is 4.05. The van der Waals surface area contributed by atoms with Gasteiger partial charge < -0.3 is 5.32 Å². The molecule has 2 aromatic heterocycles. The van der Waals surface area contributed by atoms with Crippen LogP contribution in [0.2, 0.25) is 0 Å². The van der Waals surface area contributed by atoms with Gasteiger partial charge in [-0.15, -0.1) is 11.3 Å². The number of hydrogen-bond acceptors (Lipinski definition) is 3. The summed E-state index contributed by atoms with van der Waals surface area (Å²) in [6.45, 7) is 2.41. The fourth-order valence-electron chi connectivity index (χ4n) is 2.27. The van der Waals surface area contributed by atoms with Crippen molar-refractivity contribution >= 4 is 17.2 Å². The van der Waals surface area contributed by atoms with Crippen molar-refractivity contribution in [2.45, 2.75) is 13.5 Å². The van der Waals surface area contributed by atoms with E-state index < -0.39 is 0 Å². The van der Waals surface area contributed by atoms with Crippen molar-refractivity contribution in [1.29, 1.82) is 0 Å². The number of amides is 1. The first-order valence-electron chi connectivity index (χ1n) is 7.05. The molecule has 3 nitrogen and oxygen atoms in total. The van der Waals surface area contributed by atoms with Crippen LogP contribution in [0.25, 0.3) is 10.4 Å². The lowest BCUT2D eigenvalue weighted by molar-refractivity contribution is 0.0950. The summed E-state index contributed by atoms with van der Waals surface area (Å²) in [6, 6.07) is 13.7. The highest BCUT2D eigenvalue weighted by molar-refractivity contribution is 7.13. The largest absolute Gasteiger partial charge is 0.348 e. The van der Waals surface area contributed by atoms with Crippen molar-refractivity contribution < 1.29 is 4.79 Å². The van der Waals surface area contributed by atoms with Crippen LogP contribution >= 0.6 is 11.3 Å². The zero-order valence-corrected chi connectivity index (χ0v) is 13.1. The second kappa shape index (κ2) is 6.54. The Labute approximate surface area is 133 Å². The third kappa shape index (κ3) is 3.23. The van der Waals surface area contributed by atoms with Gasteiger partial charge in [-0.25, -0.2) is 0 Å². The Morgan fingerprint density at radius 2 is 2.05 bits per heavy atom. The van der Waals surface area contributed by atoms with Gasteiger partial charge in [0.15, 0.2) is 0 Å². The Morgan fingerprint density at radius 1 is 1.18 bits per heavy atom. The maximum Gasteiger partial charge on any atom is 0.251 e. The fraction of sp³-hybridized carbons (Fsp3) is 0.111. The molecule has 0 fully saturated rings. The third-order valence-corrected chi connectivity index (χ3v) is 4.36. The number of carbonyl (C=O) groups excluding carboxylic acids is 1. The van der Waals surface area contributed by atoms with Crippen molar-refractivity contribution in [2.24, 2.45) is 0 Å². The van der Waals surface area contributed by atoms with Crippen LogP contribution in [0.5, 0.6) is 0 Å². The minimum atomic E-state index is -0.0559. The second-order valence-corrected chi connectivity index (χ2v) is 6.00. The summed E-state index contributed by atoms with van der Waals surface area (Å²) in [6.07, 6.45) is 3.63. The van der Waals surface area contributed by atoms with E-state index >= 15 is 0 Å². The average molecular weight is 308 g/mol. The summed E-state index contributed by atoms with van der Waals surface area (Å²) in [7, 11) is 0. The Morgan fingerprint density at radius 3 is 2.82 bits per heavy atom. The first-order chi connectivity index (χ1) is 10.7. The highest BCUT2D eigenvalue weighted by atomic mass is 32.1. The van der Waals surface area contributed by atoms with Gasteiger partial charge in [-0.05, 0) is 41.6 Å². The molecule has 1 N–H and O–H groups in total. The van der Waals surface area contributed by atoms with Gasteiger partial charge in [0.2, 0.25) is 0 Å². The van der Waals surface area contributed by atoms with Crippen LogP contribution < -0.4 is 5.32 Å². The summed E-state index contributed by atoms with van der Waals surface area (Å²) in [5.41, 5.74) is 3.76. The molecule has 3 aromatic rings. The summed E-state index contributed by atoms with van der Waals surface area (Å²) >= 11 is 1.68. The van der Waals surface area contributed by atoms with Gasteiger partial charge >= 0.3 is 0 Å². The Hall–Kier alpha value is -2.46. The highest BCUT2D eigenvalue weighted by Gasteiger charge is 2.08. The van der Waals surface area contributed by atoms with E-state index in [1.807, 2.05) is 48.8 Å². The van der Waals surface area contributed by atoms with Gasteiger partial charge in [0.1, 0.15) is 0 Å². The van der Waals surface area contributed by atoms with Gasteiger partial charge in [-0.1, -0.05) is 24.3 Å². The van der Waals surface area contributed by atoms with Crippen LogP contribution in [0.4, 0.5) is 0 Å². The lowest BCUT2D eigenvalue weighted by atomic mass is 10.1. The van der Waals surface area contributed by atoms with E-state index in [4.69, 9.17) is 0 Å². The van der Waals surface area contributed by atoms with E-state index in [0.717, 1.165) is 16.7 Å². The molecular weight excluding hydrogens is 292 g/mol. The molecule has 0 atom stereocenters. The van der Waals surface area contributed by atoms with E-state index in [0.29, 0.717) is 12.1 Å². The fourth-order valence-corrected chi connectivity index (χ4v) is 2.98. The number of thiophene rings is 1. The number of pyridine rings is 1. The molecule has 0 aliphatic rings. The third-order valence-electron chi connectivity index (χ3n) is 3.44. The molecule has 0 saturated carbocycles. The topological polar surface area (TPSA) is 42.0 Å². The van der Waals surface area contributed by atoms with E-state index in [2.05, 4.69) is 22.4 Å². The van der Waals surface area contributed by atoms with E-state index in [9.17, 15) is 4.79 Å². The maximum atomic E-state index is 12.2. The molecule has 4 heteroatoms. The van der Waals surface area contributed by atoms with E-state index in [-0.39, 0.29) is 5.91 Å². The van der Waals surface area contributed by atoms with Crippen molar-refractivity contribution in [3.05, 3.63) is 76.9 Å². The van der Waals surface area contributed by atoms with Crippen LogP contribution in [0.3, 0.4) is 0 Å². The Kier molecular flexibility index (Phi) is 4.30. The molecule has 0 spiro atoms. The van der Waals surface area contributed by atoms with Crippen LogP contribution in [0.15, 0.2) is 60.2 Å². The summed E-state index contributed by atoms with van der Waals surface area (Å²) in [5, 5.41) is 5.00. The molecule has 0 bridgehead atoms. The van der Waals surface area contributed by atoms with E-state index in [1.165, 1.54) is 4.88 Å². The zero-order chi connectivity index (χ0) is 15.4. The highest BCUT2D eigenvalue weighted by Crippen LogP contribution is 2.24. The Balaban J connectivity index is 1.71. The van der Waals surface area contributed by atoms with Crippen molar-refractivity contribution in [2.75, 3.05) is 0 Å². The number of aromatic nitrogens is 1. The quantitative estimate of drug-likeness (QED) is 0.790. The van der Waals surface area contributed by atoms with Crippen molar-refractivity contribution in [3.63, 3.8) is 0 Å². The SMILES string of the molecule is Cc1ccccc1C(=O)NCc1cncc(-c2cccs2)c1. The van der Waals surface area contributed by atoms with Crippen molar-refractivity contribution in [3.8, 4) is 10.4 Å². The number of benzene rings is 1. The number of nitrogens with zero attached hydrogens (tertiary/aromatic N) is 1. The van der Waals surface area contributed by atoms with Crippen LogP contribution in [0.1, 0.15) is 21.5 Å². The molecule has 0 unspecified atom stereocenters. The lowest BCUT2D eigenvalue weighted by Crippen LogP contribution is -2.23. The number of hydrogen-bond donors (Lipinski definition) is 1. The van der Waals surface area contributed by atoms with Gasteiger partial charge in [0.05, 0.1) is 0 Å². The van der Waals surface area contributed by atoms with Gasteiger partial charge in [-0.2, -0.15) is 0 Å². The number of nitrogens with one attached hydrogen (secondary N) is 1. The minimum absolute atomic E-state index is 0.0559. The lowest BCUT2D eigenvalue weighted by Gasteiger charge is -2.08. The number of aryl methyl sites for hydroxylation is 1. The Bertz CT molecular complexity index is 781. The smallest absolute Gasteiger partial charge is 0.251 e. The molecule has 1 amide bonds. The average Bonchev–Trinajstić information content (AvgIpc) is 3.08. The van der Waals surface area contributed by atoms with E-state index in [1.54, 1.807) is 17.5 Å². The molecule has 0 saturated heterocycles. The maximum absolute atomic E-state index is 12.2. The van der Waals surface area contributed by atoms with Crippen LogP contribution in [0, 0.1) is 6.92 Å². The molecular formula is C18H16N2OS. The molecule has 0 radical (unpaired) electrons. The second-order valence-electron chi connectivity index (χ2n) is 5.06. The van der Waals surface area contributed by atoms with Gasteiger partial charge in [0.25, 0.3) is 5.91 Å². The molecule has 2 heterocycles. The summed E-state index contributed by atoms with van der Waals surface area (Å²) in [5.74, 6) is -0.0559. The van der Waals surface area contributed by atoms with Crippen molar-refractivity contribution in [1.82, 2.24) is 10.3 Å². The minimum Gasteiger partial charge on any atom is -0.348 e. The van der Waals surface area contributed by atoms with Crippen LogP contribution in [-0.2, 0) is 6.54 Å². The number of carbonyl (C=O) groups is 1.